The summed E-state index contributed by atoms with van der Waals surface area (Å²) in [7, 11) is 0. The molecule has 5 rings (SSSR count). The molecule has 2 heterocycles. The Hall–Kier alpha value is -3.61. The molecule has 0 radical (unpaired) electrons. The zero-order chi connectivity index (χ0) is 25.2. The summed E-state index contributed by atoms with van der Waals surface area (Å²) in [6, 6.07) is 23.7. The van der Waals surface area contributed by atoms with Crippen molar-refractivity contribution in [1.29, 1.82) is 0 Å². The molecular weight excluding hydrogens is 495 g/mol. The van der Waals surface area contributed by atoms with Gasteiger partial charge in [0, 0.05) is 35.2 Å². The highest BCUT2D eigenvalue weighted by Crippen LogP contribution is 2.30. The number of halogens is 2. The maximum Gasteiger partial charge on any atom is 0.257 e. The fourth-order valence-electron chi connectivity index (χ4n) is 4.56. The number of para-hydroxylation sites is 1. The first-order chi connectivity index (χ1) is 17.4. The first kappa shape index (κ1) is 24.1. The Labute approximate surface area is 219 Å². The van der Waals surface area contributed by atoms with Crippen LogP contribution in [0.25, 0.3) is 5.69 Å². The van der Waals surface area contributed by atoms with Gasteiger partial charge in [0.1, 0.15) is 0 Å². The highest BCUT2D eigenvalue weighted by molar-refractivity contribution is 6.30. The van der Waals surface area contributed by atoms with Crippen LogP contribution in [0.5, 0.6) is 0 Å². The molecule has 2 amide bonds. The lowest BCUT2D eigenvalue weighted by Gasteiger charge is -2.41. The number of amides is 2. The molecule has 0 spiro atoms. The summed E-state index contributed by atoms with van der Waals surface area (Å²) in [5.74, 6) is -0.209. The summed E-state index contributed by atoms with van der Waals surface area (Å²) < 4.78 is 1.77. The quantitative estimate of drug-likeness (QED) is 0.341. The first-order valence-electron chi connectivity index (χ1n) is 11.6. The van der Waals surface area contributed by atoms with Crippen molar-refractivity contribution in [1.82, 2.24) is 19.6 Å². The molecule has 0 N–H and O–H groups in total. The highest BCUT2D eigenvalue weighted by atomic mass is 35.5. The van der Waals surface area contributed by atoms with E-state index in [1.54, 1.807) is 52.2 Å². The molecule has 1 aliphatic heterocycles. The van der Waals surface area contributed by atoms with Crippen molar-refractivity contribution in [3.63, 3.8) is 0 Å². The van der Waals surface area contributed by atoms with Crippen molar-refractivity contribution in [2.75, 3.05) is 19.6 Å². The topological polar surface area (TPSA) is 58.4 Å². The number of hydrogen-bond donors (Lipinski definition) is 0. The van der Waals surface area contributed by atoms with Crippen LogP contribution in [0.1, 0.15) is 38.0 Å². The third-order valence-corrected chi connectivity index (χ3v) is 7.02. The van der Waals surface area contributed by atoms with Crippen LogP contribution in [0.3, 0.4) is 0 Å². The van der Waals surface area contributed by atoms with Crippen molar-refractivity contribution < 1.29 is 9.59 Å². The summed E-state index contributed by atoms with van der Waals surface area (Å²) in [6.45, 7) is 3.06. The lowest BCUT2D eigenvalue weighted by Crippen LogP contribution is -2.52. The average molecular weight is 519 g/mol. The van der Waals surface area contributed by atoms with Crippen LogP contribution >= 0.6 is 23.2 Å². The molecule has 0 saturated carbocycles. The van der Waals surface area contributed by atoms with E-state index < -0.39 is 0 Å². The number of hydrogen-bond acceptors (Lipinski definition) is 3. The van der Waals surface area contributed by atoms with Gasteiger partial charge in [-0.2, -0.15) is 5.10 Å². The van der Waals surface area contributed by atoms with E-state index in [1.807, 2.05) is 54.3 Å². The molecule has 36 heavy (non-hydrogen) atoms. The zero-order valence-corrected chi connectivity index (χ0v) is 21.2. The largest absolute Gasteiger partial charge is 0.334 e. The molecule has 6 nitrogen and oxygen atoms in total. The van der Waals surface area contributed by atoms with Crippen LogP contribution in [-0.2, 0) is 0 Å². The van der Waals surface area contributed by atoms with Crippen LogP contribution in [0.4, 0.5) is 0 Å². The second kappa shape index (κ2) is 10.2. The van der Waals surface area contributed by atoms with Crippen molar-refractivity contribution >= 4 is 35.0 Å². The molecule has 4 aromatic rings. The van der Waals surface area contributed by atoms with Crippen LogP contribution in [0, 0.1) is 6.92 Å². The second-order valence-corrected chi connectivity index (χ2v) is 9.59. The molecule has 1 aliphatic rings. The molecule has 1 atom stereocenters. The maximum absolute atomic E-state index is 13.6. The third-order valence-electron chi connectivity index (χ3n) is 6.52. The molecule has 1 aromatic heterocycles. The molecule has 0 aliphatic carbocycles. The lowest BCUT2D eigenvalue weighted by atomic mass is 10.00. The molecule has 1 saturated heterocycles. The Kier molecular flexibility index (Phi) is 6.81. The van der Waals surface area contributed by atoms with E-state index in [-0.39, 0.29) is 17.9 Å². The summed E-state index contributed by atoms with van der Waals surface area (Å²) >= 11 is 12.1. The standard InChI is InChI=1S/C28H24Cl2N4O2/c1-19-25(17-31-34(19)24-5-3-2-4-6-24)28(36)32-15-16-33(27(35)21-9-13-23(30)14-10-21)26(18-32)20-7-11-22(29)12-8-20/h2-14,17,26H,15-16,18H2,1H3. The molecular formula is C28H24Cl2N4O2. The molecule has 8 heteroatoms. The van der Waals surface area contributed by atoms with Gasteiger partial charge in [-0.25, -0.2) is 4.68 Å². The van der Waals surface area contributed by atoms with E-state index in [2.05, 4.69) is 5.10 Å². The van der Waals surface area contributed by atoms with Gasteiger partial charge < -0.3 is 9.80 Å². The van der Waals surface area contributed by atoms with Gasteiger partial charge in [-0.05, 0) is 61.0 Å². The van der Waals surface area contributed by atoms with Crippen LogP contribution in [-0.4, -0.2) is 51.0 Å². The number of piperazine rings is 1. The van der Waals surface area contributed by atoms with E-state index in [4.69, 9.17) is 23.2 Å². The fraction of sp³-hybridized carbons (Fsp3) is 0.179. The first-order valence-corrected chi connectivity index (χ1v) is 12.4. The van der Waals surface area contributed by atoms with Gasteiger partial charge in [0.15, 0.2) is 0 Å². The molecule has 1 fully saturated rings. The van der Waals surface area contributed by atoms with Gasteiger partial charge in [0.2, 0.25) is 0 Å². The van der Waals surface area contributed by atoms with Crippen molar-refractivity contribution in [2.24, 2.45) is 0 Å². The number of rotatable bonds is 4. The minimum Gasteiger partial charge on any atom is -0.334 e. The smallest absolute Gasteiger partial charge is 0.257 e. The normalized spacial score (nSPS) is 15.7. The average Bonchev–Trinajstić information content (AvgIpc) is 3.30. The third kappa shape index (κ3) is 4.74. The number of benzene rings is 3. The predicted molar refractivity (Wildman–Crippen MR) is 141 cm³/mol. The number of carbonyl (C=O) groups is 2. The van der Waals surface area contributed by atoms with E-state index >= 15 is 0 Å². The van der Waals surface area contributed by atoms with Crippen molar-refractivity contribution in [3.8, 4) is 5.69 Å². The number of aromatic nitrogens is 2. The van der Waals surface area contributed by atoms with Crippen LogP contribution in [0.2, 0.25) is 10.0 Å². The predicted octanol–water partition coefficient (Wildman–Crippen LogP) is 5.83. The van der Waals surface area contributed by atoms with Gasteiger partial charge in [0.05, 0.1) is 29.2 Å². The van der Waals surface area contributed by atoms with E-state index in [1.165, 1.54) is 0 Å². The minimum atomic E-state index is -0.326. The highest BCUT2D eigenvalue weighted by Gasteiger charge is 2.35. The Bertz CT molecular complexity index is 1390. The van der Waals surface area contributed by atoms with E-state index in [9.17, 15) is 9.59 Å². The fourth-order valence-corrected chi connectivity index (χ4v) is 4.81. The monoisotopic (exact) mass is 518 g/mol. The summed E-state index contributed by atoms with van der Waals surface area (Å²) in [5, 5.41) is 5.64. The van der Waals surface area contributed by atoms with Crippen molar-refractivity contribution in [2.45, 2.75) is 13.0 Å². The number of carbonyl (C=O) groups excluding carboxylic acids is 2. The van der Waals surface area contributed by atoms with Gasteiger partial charge in [-0.15, -0.1) is 0 Å². The summed E-state index contributed by atoms with van der Waals surface area (Å²) in [5.41, 5.74) is 3.68. The Morgan fingerprint density at radius 3 is 2.14 bits per heavy atom. The Morgan fingerprint density at radius 2 is 1.47 bits per heavy atom. The molecule has 1 unspecified atom stereocenters. The SMILES string of the molecule is Cc1c(C(=O)N2CCN(C(=O)c3ccc(Cl)cc3)C(c3ccc(Cl)cc3)C2)cnn1-c1ccccc1. The van der Waals surface area contributed by atoms with Gasteiger partial charge in [0.25, 0.3) is 11.8 Å². The Balaban J connectivity index is 1.43. The lowest BCUT2D eigenvalue weighted by molar-refractivity contribution is 0.0383. The summed E-state index contributed by atoms with van der Waals surface area (Å²) in [6.07, 6.45) is 1.62. The van der Waals surface area contributed by atoms with Crippen LogP contribution < -0.4 is 0 Å². The van der Waals surface area contributed by atoms with E-state index in [0.29, 0.717) is 40.8 Å². The zero-order valence-electron chi connectivity index (χ0n) is 19.6. The molecule has 182 valence electrons. The van der Waals surface area contributed by atoms with Crippen molar-refractivity contribution in [3.05, 3.63) is 117 Å². The van der Waals surface area contributed by atoms with E-state index in [0.717, 1.165) is 16.9 Å². The summed E-state index contributed by atoms with van der Waals surface area (Å²) in [4.78, 5) is 30.7. The maximum atomic E-state index is 13.6. The number of nitrogens with zero attached hydrogens (tertiary/aromatic N) is 4. The second-order valence-electron chi connectivity index (χ2n) is 8.71. The minimum absolute atomic E-state index is 0.104. The van der Waals surface area contributed by atoms with Gasteiger partial charge in [-0.1, -0.05) is 53.5 Å². The molecule has 0 bridgehead atoms. The molecule has 3 aromatic carbocycles. The Morgan fingerprint density at radius 1 is 0.833 bits per heavy atom. The van der Waals surface area contributed by atoms with Crippen LogP contribution in [0.15, 0.2) is 85.1 Å². The van der Waals surface area contributed by atoms with Gasteiger partial charge in [-0.3, -0.25) is 9.59 Å². The van der Waals surface area contributed by atoms with Gasteiger partial charge >= 0.3 is 0 Å².